The summed E-state index contributed by atoms with van der Waals surface area (Å²) in [5.41, 5.74) is 2.69. The summed E-state index contributed by atoms with van der Waals surface area (Å²) in [6.07, 6.45) is 1.84. The number of likely N-dealkylation sites (N-methyl/N-ethyl adjacent to an activating group) is 1. The highest BCUT2D eigenvalue weighted by molar-refractivity contribution is 5.94. The predicted molar refractivity (Wildman–Crippen MR) is 122 cm³/mol. The number of pyridine rings is 1. The summed E-state index contributed by atoms with van der Waals surface area (Å²) in [5.74, 6) is 1.62. The summed E-state index contributed by atoms with van der Waals surface area (Å²) in [7, 11) is 2.14. The number of nitrogens with one attached hydrogen (secondary N) is 1. The Balaban J connectivity index is 1.25. The predicted octanol–water partition coefficient (Wildman–Crippen LogP) is 3.34. The van der Waals surface area contributed by atoms with Gasteiger partial charge in [-0.3, -0.25) is 4.79 Å². The first-order chi connectivity index (χ1) is 15.2. The van der Waals surface area contributed by atoms with Crippen molar-refractivity contribution in [1.82, 2.24) is 15.2 Å². The molecule has 1 saturated heterocycles. The zero-order valence-electron chi connectivity index (χ0n) is 17.8. The van der Waals surface area contributed by atoms with Gasteiger partial charge >= 0.3 is 0 Å². The molecule has 0 spiro atoms. The molecular weight excluding hydrogens is 388 g/mol. The van der Waals surface area contributed by atoms with E-state index in [1.54, 1.807) is 12.1 Å². The second kappa shape index (κ2) is 10.1. The standard InChI is InChI=1S/C25H28N4O2/c1-28-13-15-29(16-14-28)24-12-7-21(17-26-24)18-27-25(30)22-8-10-23(11-9-22)31-19-20-5-3-2-4-6-20/h2-12,17H,13-16,18-19H2,1H3,(H,27,30). The van der Waals surface area contributed by atoms with E-state index in [9.17, 15) is 4.79 Å². The highest BCUT2D eigenvalue weighted by atomic mass is 16.5. The number of amides is 1. The molecule has 1 aromatic heterocycles. The Hall–Kier alpha value is -3.38. The van der Waals surface area contributed by atoms with Crippen molar-refractivity contribution in [2.75, 3.05) is 38.1 Å². The third kappa shape index (κ3) is 5.83. The fraction of sp³-hybridized carbons (Fsp3) is 0.280. The van der Waals surface area contributed by atoms with Crippen LogP contribution in [0.15, 0.2) is 72.9 Å². The Morgan fingerprint density at radius 1 is 0.935 bits per heavy atom. The van der Waals surface area contributed by atoms with Gasteiger partial charge in [0.25, 0.3) is 5.91 Å². The number of carbonyl (C=O) groups is 1. The number of hydrogen-bond donors (Lipinski definition) is 1. The Morgan fingerprint density at radius 3 is 2.35 bits per heavy atom. The second-order valence-electron chi connectivity index (χ2n) is 7.80. The van der Waals surface area contributed by atoms with Gasteiger partial charge in [-0.15, -0.1) is 0 Å². The van der Waals surface area contributed by atoms with Crippen molar-refractivity contribution in [2.24, 2.45) is 0 Å². The normalized spacial score (nSPS) is 14.3. The number of hydrogen-bond acceptors (Lipinski definition) is 5. The van der Waals surface area contributed by atoms with Gasteiger partial charge in [-0.2, -0.15) is 0 Å². The molecular formula is C25H28N4O2. The zero-order valence-corrected chi connectivity index (χ0v) is 17.8. The lowest BCUT2D eigenvalue weighted by molar-refractivity contribution is 0.0951. The van der Waals surface area contributed by atoms with E-state index in [4.69, 9.17) is 4.74 Å². The first-order valence-corrected chi connectivity index (χ1v) is 10.6. The van der Waals surface area contributed by atoms with Gasteiger partial charge in [0.05, 0.1) is 0 Å². The van der Waals surface area contributed by atoms with Crippen molar-refractivity contribution in [1.29, 1.82) is 0 Å². The largest absolute Gasteiger partial charge is 0.489 e. The van der Waals surface area contributed by atoms with Crippen molar-refractivity contribution < 1.29 is 9.53 Å². The first kappa shape index (κ1) is 20.9. The molecule has 1 fully saturated rings. The fourth-order valence-electron chi connectivity index (χ4n) is 3.47. The van der Waals surface area contributed by atoms with Crippen LogP contribution in [0.25, 0.3) is 0 Å². The number of piperazine rings is 1. The first-order valence-electron chi connectivity index (χ1n) is 10.6. The van der Waals surface area contributed by atoms with Crippen molar-refractivity contribution in [2.45, 2.75) is 13.2 Å². The molecule has 160 valence electrons. The summed E-state index contributed by atoms with van der Waals surface area (Å²) in [6, 6.07) is 21.3. The van der Waals surface area contributed by atoms with Crippen LogP contribution in [0.1, 0.15) is 21.5 Å². The molecule has 0 radical (unpaired) electrons. The van der Waals surface area contributed by atoms with Crippen LogP contribution in [0.4, 0.5) is 5.82 Å². The minimum Gasteiger partial charge on any atom is -0.489 e. The van der Waals surface area contributed by atoms with Crippen LogP contribution in [-0.4, -0.2) is 49.0 Å². The smallest absolute Gasteiger partial charge is 0.251 e. The molecule has 1 amide bonds. The van der Waals surface area contributed by atoms with E-state index in [1.165, 1.54) is 0 Å². The summed E-state index contributed by atoms with van der Waals surface area (Å²) in [5, 5.41) is 2.96. The maximum absolute atomic E-state index is 12.5. The minimum absolute atomic E-state index is 0.113. The molecule has 6 heteroatoms. The van der Waals surface area contributed by atoms with Crippen molar-refractivity contribution >= 4 is 11.7 Å². The van der Waals surface area contributed by atoms with Crippen LogP contribution >= 0.6 is 0 Å². The molecule has 0 bridgehead atoms. The topological polar surface area (TPSA) is 57.7 Å². The minimum atomic E-state index is -0.113. The van der Waals surface area contributed by atoms with Gasteiger partial charge in [0, 0.05) is 44.5 Å². The molecule has 6 nitrogen and oxygen atoms in total. The number of aromatic nitrogens is 1. The molecule has 31 heavy (non-hydrogen) atoms. The van der Waals surface area contributed by atoms with E-state index in [-0.39, 0.29) is 5.91 Å². The fourth-order valence-corrected chi connectivity index (χ4v) is 3.47. The maximum atomic E-state index is 12.5. The Labute approximate surface area is 183 Å². The molecule has 1 aliphatic rings. The summed E-state index contributed by atoms with van der Waals surface area (Å²) >= 11 is 0. The van der Waals surface area contributed by atoms with Gasteiger partial charge in [-0.1, -0.05) is 36.4 Å². The molecule has 0 atom stereocenters. The lowest BCUT2D eigenvalue weighted by Crippen LogP contribution is -2.44. The number of nitrogens with zero attached hydrogens (tertiary/aromatic N) is 3. The number of benzene rings is 2. The summed E-state index contributed by atoms with van der Waals surface area (Å²) < 4.78 is 5.78. The highest BCUT2D eigenvalue weighted by Crippen LogP contribution is 2.16. The van der Waals surface area contributed by atoms with Crippen LogP contribution in [-0.2, 0) is 13.2 Å². The zero-order chi connectivity index (χ0) is 21.5. The Morgan fingerprint density at radius 2 is 1.68 bits per heavy atom. The molecule has 0 aliphatic carbocycles. The van der Waals surface area contributed by atoms with Crippen LogP contribution in [0.5, 0.6) is 5.75 Å². The molecule has 3 aromatic rings. The number of ether oxygens (including phenoxy) is 1. The Kier molecular flexibility index (Phi) is 6.79. The maximum Gasteiger partial charge on any atom is 0.251 e. The molecule has 1 N–H and O–H groups in total. The van der Waals surface area contributed by atoms with Crippen LogP contribution in [0.2, 0.25) is 0 Å². The third-order valence-electron chi connectivity index (χ3n) is 5.45. The highest BCUT2D eigenvalue weighted by Gasteiger charge is 2.15. The number of anilines is 1. The van der Waals surface area contributed by atoms with Crippen LogP contribution < -0.4 is 15.0 Å². The molecule has 2 heterocycles. The van der Waals surface area contributed by atoms with Crippen molar-refractivity contribution in [3.05, 3.63) is 89.6 Å². The van der Waals surface area contributed by atoms with Crippen LogP contribution in [0.3, 0.4) is 0 Å². The van der Waals surface area contributed by atoms with Gasteiger partial charge in [0.15, 0.2) is 0 Å². The van der Waals surface area contributed by atoms with Gasteiger partial charge in [-0.25, -0.2) is 4.98 Å². The lowest BCUT2D eigenvalue weighted by Gasteiger charge is -2.33. The molecule has 1 aliphatic heterocycles. The third-order valence-corrected chi connectivity index (χ3v) is 5.45. The number of rotatable bonds is 7. The lowest BCUT2D eigenvalue weighted by atomic mass is 10.2. The van der Waals surface area contributed by atoms with Gasteiger partial charge in [-0.05, 0) is 48.5 Å². The van der Waals surface area contributed by atoms with Gasteiger partial charge in [0.1, 0.15) is 18.2 Å². The van der Waals surface area contributed by atoms with E-state index < -0.39 is 0 Å². The Bertz CT molecular complexity index is 967. The van der Waals surface area contributed by atoms with E-state index in [1.807, 2.05) is 60.8 Å². The van der Waals surface area contributed by atoms with E-state index in [0.717, 1.165) is 48.9 Å². The van der Waals surface area contributed by atoms with Crippen molar-refractivity contribution in [3.63, 3.8) is 0 Å². The summed E-state index contributed by atoms with van der Waals surface area (Å²) in [4.78, 5) is 21.7. The molecule has 2 aromatic carbocycles. The van der Waals surface area contributed by atoms with Crippen LogP contribution in [0, 0.1) is 0 Å². The quantitative estimate of drug-likeness (QED) is 0.640. The average Bonchev–Trinajstić information content (AvgIpc) is 2.83. The average molecular weight is 417 g/mol. The van der Waals surface area contributed by atoms with Gasteiger partial charge in [0.2, 0.25) is 0 Å². The molecule has 4 rings (SSSR count). The SMILES string of the molecule is CN1CCN(c2ccc(CNC(=O)c3ccc(OCc4ccccc4)cc3)cn2)CC1. The van der Waals surface area contributed by atoms with Crippen molar-refractivity contribution in [3.8, 4) is 5.75 Å². The second-order valence-corrected chi connectivity index (χ2v) is 7.80. The van der Waals surface area contributed by atoms with E-state index >= 15 is 0 Å². The molecule has 0 unspecified atom stereocenters. The monoisotopic (exact) mass is 416 g/mol. The van der Waals surface area contributed by atoms with E-state index in [2.05, 4.69) is 27.1 Å². The molecule has 0 saturated carbocycles. The number of carbonyl (C=O) groups excluding carboxylic acids is 1. The summed E-state index contributed by atoms with van der Waals surface area (Å²) in [6.45, 7) is 5.03. The van der Waals surface area contributed by atoms with Gasteiger partial charge < -0.3 is 19.9 Å². The van der Waals surface area contributed by atoms with E-state index in [0.29, 0.717) is 18.7 Å².